The maximum atomic E-state index is 12.1. The summed E-state index contributed by atoms with van der Waals surface area (Å²) >= 11 is 0. The number of anilines is 1. The van der Waals surface area contributed by atoms with Gasteiger partial charge in [-0.3, -0.25) is 9.78 Å². The van der Waals surface area contributed by atoms with Gasteiger partial charge in [0.2, 0.25) is 0 Å². The Morgan fingerprint density at radius 3 is 2.79 bits per heavy atom. The summed E-state index contributed by atoms with van der Waals surface area (Å²) in [6.45, 7) is 0. The summed E-state index contributed by atoms with van der Waals surface area (Å²) < 4.78 is 5.28. The Balaban J connectivity index is 2.02. The minimum atomic E-state index is -0.350. The van der Waals surface area contributed by atoms with Gasteiger partial charge in [-0.05, 0) is 24.3 Å². The van der Waals surface area contributed by atoms with Crippen molar-refractivity contribution in [2.45, 2.75) is 6.17 Å². The number of aromatic nitrogens is 1. The molecule has 0 saturated carbocycles. The Labute approximate surface area is 110 Å². The second kappa shape index (κ2) is 4.61. The van der Waals surface area contributed by atoms with Crippen molar-refractivity contribution in [1.29, 1.82) is 0 Å². The van der Waals surface area contributed by atoms with Gasteiger partial charge in [0.1, 0.15) is 11.9 Å². The normalized spacial score (nSPS) is 17.1. The molecule has 0 fully saturated rings. The molecule has 1 aromatic carbocycles. The van der Waals surface area contributed by atoms with E-state index >= 15 is 0 Å². The first-order valence-corrected chi connectivity index (χ1v) is 5.95. The van der Waals surface area contributed by atoms with Gasteiger partial charge in [-0.2, -0.15) is 0 Å². The maximum absolute atomic E-state index is 12.1. The number of amides is 1. The Morgan fingerprint density at radius 1 is 1.16 bits per heavy atom. The van der Waals surface area contributed by atoms with Gasteiger partial charge < -0.3 is 15.4 Å². The van der Waals surface area contributed by atoms with E-state index in [1.807, 2.05) is 24.3 Å². The van der Waals surface area contributed by atoms with Crippen molar-refractivity contribution in [3.05, 3.63) is 53.9 Å². The molecule has 2 heterocycles. The molecule has 0 saturated heterocycles. The van der Waals surface area contributed by atoms with Crippen LogP contribution in [0.3, 0.4) is 0 Å². The zero-order valence-electron chi connectivity index (χ0n) is 10.4. The predicted octanol–water partition coefficient (Wildman–Crippen LogP) is 1.94. The summed E-state index contributed by atoms with van der Waals surface area (Å²) in [5.41, 5.74) is 2.03. The summed E-state index contributed by atoms with van der Waals surface area (Å²) in [5, 5.41) is 6.12. The number of para-hydroxylation sites is 1. The van der Waals surface area contributed by atoms with Crippen LogP contribution in [0.5, 0.6) is 5.75 Å². The Morgan fingerprint density at radius 2 is 2.05 bits per heavy atom. The summed E-state index contributed by atoms with van der Waals surface area (Å²) in [7, 11) is 1.58. The quantitative estimate of drug-likeness (QED) is 0.861. The topological polar surface area (TPSA) is 63.2 Å². The monoisotopic (exact) mass is 255 g/mol. The molecule has 0 bridgehead atoms. The Bertz CT molecular complexity index is 613. The highest BCUT2D eigenvalue weighted by Gasteiger charge is 2.27. The van der Waals surface area contributed by atoms with Crippen LogP contribution in [0.25, 0.3) is 0 Å². The smallest absolute Gasteiger partial charge is 0.255 e. The van der Waals surface area contributed by atoms with Crippen LogP contribution < -0.4 is 15.4 Å². The van der Waals surface area contributed by atoms with Crippen LogP contribution in [0.1, 0.15) is 22.2 Å². The number of pyridine rings is 1. The van der Waals surface area contributed by atoms with E-state index in [0.717, 1.165) is 5.69 Å². The first kappa shape index (κ1) is 11.5. The minimum Gasteiger partial charge on any atom is -0.495 e. The predicted molar refractivity (Wildman–Crippen MR) is 71.1 cm³/mol. The molecule has 0 radical (unpaired) electrons. The molecule has 0 unspecified atom stereocenters. The molecule has 2 aromatic rings. The number of benzene rings is 1. The van der Waals surface area contributed by atoms with Gasteiger partial charge in [0.25, 0.3) is 5.91 Å². The number of fused-ring (bicyclic) bond motifs is 1. The fourth-order valence-corrected chi connectivity index (χ4v) is 2.12. The zero-order valence-corrected chi connectivity index (χ0v) is 10.4. The molecule has 19 heavy (non-hydrogen) atoms. The second-order valence-electron chi connectivity index (χ2n) is 4.19. The van der Waals surface area contributed by atoms with Gasteiger partial charge in [-0.1, -0.05) is 12.1 Å². The van der Waals surface area contributed by atoms with Crippen LogP contribution in [0, 0.1) is 0 Å². The van der Waals surface area contributed by atoms with Gasteiger partial charge in [0.05, 0.1) is 24.1 Å². The van der Waals surface area contributed by atoms with Crippen LogP contribution in [-0.2, 0) is 0 Å². The third-order valence-corrected chi connectivity index (χ3v) is 3.04. The molecule has 1 aromatic heterocycles. The fourth-order valence-electron chi connectivity index (χ4n) is 2.12. The molecule has 1 atom stereocenters. The standard InChI is InChI=1S/C14H13N3O2/c1-19-11-7-4-5-9-12(11)16-13(17-14(9)18)10-6-2-3-8-15-10/h2-8,13,16H,1H3,(H,17,18)/t13-/m1/s1. The van der Waals surface area contributed by atoms with Crippen LogP contribution in [0.4, 0.5) is 5.69 Å². The zero-order chi connectivity index (χ0) is 13.2. The van der Waals surface area contributed by atoms with Crippen molar-refractivity contribution in [2.24, 2.45) is 0 Å². The number of hydrogen-bond acceptors (Lipinski definition) is 4. The van der Waals surface area contributed by atoms with Crippen LogP contribution >= 0.6 is 0 Å². The van der Waals surface area contributed by atoms with E-state index in [4.69, 9.17) is 4.74 Å². The molecule has 96 valence electrons. The van der Waals surface area contributed by atoms with E-state index in [1.54, 1.807) is 25.4 Å². The molecule has 5 heteroatoms. The first-order chi connectivity index (χ1) is 9.29. The second-order valence-corrected chi connectivity index (χ2v) is 4.19. The molecule has 1 aliphatic rings. The average molecular weight is 255 g/mol. The van der Waals surface area contributed by atoms with Crippen molar-refractivity contribution in [1.82, 2.24) is 10.3 Å². The lowest BCUT2D eigenvalue weighted by atomic mass is 10.1. The third-order valence-electron chi connectivity index (χ3n) is 3.04. The number of nitrogens with zero attached hydrogens (tertiary/aromatic N) is 1. The molecule has 5 nitrogen and oxygen atoms in total. The number of nitrogens with one attached hydrogen (secondary N) is 2. The number of carbonyl (C=O) groups excluding carboxylic acids is 1. The molecule has 0 spiro atoms. The molecule has 0 aliphatic carbocycles. The van der Waals surface area contributed by atoms with Crippen molar-refractivity contribution in [2.75, 3.05) is 12.4 Å². The van der Waals surface area contributed by atoms with Crippen molar-refractivity contribution in [3.63, 3.8) is 0 Å². The summed E-state index contributed by atoms with van der Waals surface area (Å²) in [6.07, 6.45) is 1.35. The fraction of sp³-hybridized carbons (Fsp3) is 0.143. The van der Waals surface area contributed by atoms with Crippen LogP contribution in [-0.4, -0.2) is 18.0 Å². The SMILES string of the molecule is COc1cccc2c1N[C@@H](c1ccccn1)NC2=O. The van der Waals surface area contributed by atoms with Gasteiger partial charge in [0.15, 0.2) is 0 Å². The highest BCUT2D eigenvalue weighted by molar-refractivity contribution is 6.03. The van der Waals surface area contributed by atoms with Crippen molar-refractivity contribution < 1.29 is 9.53 Å². The highest BCUT2D eigenvalue weighted by Crippen LogP contribution is 2.33. The van der Waals surface area contributed by atoms with Gasteiger partial charge in [0, 0.05) is 6.20 Å². The van der Waals surface area contributed by atoms with E-state index in [-0.39, 0.29) is 12.1 Å². The molecule has 2 N–H and O–H groups in total. The molecular weight excluding hydrogens is 242 g/mol. The first-order valence-electron chi connectivity index (χ1n) is 5.95. The van der Waals surface area contributed by atoms with Crippen molar-refractivity contribution >= 4 is 11.6 Å². The van der Waals surface area contributed by atoms with Crippen LogP contribution in [0.15, 0.2) is 42.6 Å². The Kier molecular flexibility index (Phi) is 2.79. The van der Waals surface area contributed by atoms with Gasteiger partial charge in [-0.15, -0.1) is 0 Å². The van der Waals surface area contributed by atoms with Crippen LogP contribution in [0.2, 0.25) is 0 Å². The highest BCUT2D eigenvalue weighted by atomic mass is 16.5. The van der Waals surface area contributed by atoms with Crippen molar-refractivity contribution in [3.8, 4) is 5.75 Å². The lowest BCUT2D eigenvalue weighted by Crippen LogP contribution is -2.39. The molecular formula is C14H13N3O2. The van der Waals surface area contributed by atoms with E-state index in [1.165, 1.54) is 0 Å². The number of ether oxygens (including phenoxy) is 1. The Hall–Kier alpha value is -2.56. The summed E-state index contributed by atoms with van der Waals surface area (Å²) in [4.78, 5) is 16.4. The molecule has 1 aliphatic heterocycles. The summed E-state index contributed by atoms with van der Waals surface area (Å²) in [6, 6.07) is 10.9. The van der Waals surface area contributed by atoms with Gasteiger partial charge in [-0.25, -0.2) is 0 Å². The minimum absolute atomic E-state index is 0.136. The number of methoxy groups -OCH3 is 1. The lowest BCUT2D eigenvalue weighted by molar-refractivity contribution is 0.0934. The van der Waals surface area contributed by atoms with Gasteiger partial charge >= 0.3 is 0 Å². The van der Waals surface area contributed by atoms with E-state index in [2.05, 4.69) is 15.6 Å². The van der Waals surface area contributed by atoms with E-state index < -0.39 is 0 Å². The average Bonchev–Trinajstić information content (AvgIpc) is 2.47. The number of rotatable bonds is 2. The maximum Gasteiger partial charge on any atom is 0.255 e. The lowest BCUT2D eigenvalue weighted by Gasteiger charge is -2.28. The number of carbonyl (C=O) groups is 1. The third kappa shape index (κ3) is 1.99. The van der Waals surface area contributed by atoms with E-state index in [9.17, 15) is 4.79 Å². The largest absolute Gasteiger partial charge is 0.495 e. The summed E-state index contributed by atoms with van der Waals surface area (Å²) in [5.74, 6) is 0.511. The molecule has 1 amide bonds. The number of hydrogen-bond donors (Lipinski definition) is 2. The molecule has 3 rings (SSSR count). The van der Waals surface area contributed by atoms with E-state index in [0.29, 0.717) is 17.0 Å².